The molecule has 2 nitrogen and oxygen atoms in total. The summed E-state index contributed by atoms with van der Waals surface area (Å²) in [5.74, 6) is 0. The van der Waals surface area contributed by atoms with Crippen LogP contribution >= 0.6 is 0 Å². The number of morpholine rings is 1. The summed E-state index contributed by atoms with van der Waals surface area (Å²) in [7, 11) is 2.05. The predicted octanol–water partition coefficient (Wildman–Crippen LogP) is 3.50. The van der Waals surface area contributed by atoms with Crippen LogP contribution in [0.25, 0.3) is 5.57 Å². The quantitative estimate of drug-likeness (QED) is 0.786. The van der Waals surface area contributed by atoms with Gasteiger partial charge < -0.3 is 4.74 Å². The number of ether oxygens (including phenoxy) is 1. The summed E-state index contributed by atoms with van der Waals surface area (Å²) >= 11 is 0. The van der Waals surface area contributed by atoms with Crippen LogP contribution in [0.1, 0.15) is 23.1 Å². The Balaban J connectivity index is 2.00. The van der Waals surface area contributed by atoms with Gasteiger partial charge in [-0.1, -0.05) is 12.1 Å². The van der Waals surface area contributed by atoms with Crippen molar-refractivity contribution in [1.29, 1.82) is 0 Å². The van der Waals surface area contributed by atoms with Crippen LogP contribution in [0.3, 0.4) is 0 Å². The number of halogens is 3. The van der Waals surface area contributed by atoms with Crippen LogP contribution < -0.4 is 0 Å². The summed E-state index contributed by atoms with van der Waals surface area (Å²) in [4.78, 5) is 2.25. The topological polar surface area (TPSA) is 12.5 Å². The van der Waals surface area contributed by atoms with E-state index in [9.17, 15) is 13.2 Å². The highest BCUT2D eigenvalue weighted by Crippen LogP contribution is 2.36. The summed E-state index contributed by atoms with van der Waals surface area (Å²) in [6, 6.07) is 4.39. The fourth-order valence-corrected chi connectivity index (χ4v) is 3.10. The highest BCUT2D eigenvalue weighted by molar-refractivity contribution is 5.71. The molecule has 1 aromatic rings. The first-order valence-electron chi connectivity index (χ1n) is 7.05. The molecule has 0 aliphatic carbocycles. The van der Waals surface area contributed by atoms with Crippen LogP contribution in [0.4, 0.5) is 13.2 Å². The Morgan fingerprint density at radius 1 is 1.24 bits per heavy atom. The van der Waals surface area contributed by atoms with E-state index in [0.29, 0.717) is 13.2 Å². The number of benzene rings is 1. The minimum atomic E-state index is -4.30. The van der Waals surface area contributed by atoms with E-state index in [1.54, 1.807) is 6.07 Å². The van der Waals surface area contributed by atoms with E-state index < -0.39 is 11.7 Å². The molecule has 2 aliphatic rings. The van der Waals surface area contributed by atoms with Crippen LogP contribution in [0.2, 0.25) is 0 Å². The number of nitrogens with zero attached hydrogens (tertiary/aromatic N) is 1. The van der Waals surface area contributed by atoms with Gasteiger partial charge in [-0.25, -0.2) is 0 Å². The van der Waals surface area contributed by atoms with Crippen molar-refractivity contribution in [2.45, 2.75) is 31.6 Å². The summed E-state index contributed by atoms with van der Waals surface area (Å²) in [6.07, 6.45) is -1.51. The Labute approximate surface area is 122 Å². The van der Waals surface area contributed by atoms with Crippen molar-refractivity contribution in [1.82, 2.24) is 4.90 Å². The van der Waals surface area contributed by atoms with Gasteiger partial charge in [-0.05, 0) is 49.2 Å². The van der Waals surface area contributed by atoms with Crippen LogP contribution in [0.15, 0.2) is 24.3 Å². The molecule has 1 aromatic carbocycles. The SMILES string of the molecule is Cc1ccc(C(F)(F)F)cc1C1=CC2COCC(C1)N2C. The molecule has 2 unspecified atom stereocenters. The summed E-state index contributed by atoms with van der Waals surface area (Å²) in [5.41, 5.74) is 2.03. The molecule has 0 radical (unpaired) electrons. The van der Waals surface area contributed by atoms with Gasteiger partial charge in [0.1, 0.15) is 0 Å². The van der Waals surface area contributed by atoms with Gasteiger partial charge in [0.2, 0.25) is 0 Å². The third-order valence-electron chi connectivity index (χ3n) is 4.46. The van der Waals surface area contributed by atoms with Crippen LogP contribution in [-0.2, 0) is 10.9 Å². The number of rotatable bonds is 1. The molecule has 0 aromatic heterocycles. The fourth-order valence-electron chi connectivity index (χ4n) is 3.10. The maximum atomic E-state index is 12.9. The van der Waals surface area contributed by atoms with Crippen molar-refractivity contribution in [3.05, 3.63) is 41.0 Å². The molecule has 3 rings (SSSR count). The first-order valence-corrected chi connectivity index (χ1v) is 7.05. The minimum absolute atomic E-state index is 0.154. The molecule has 0 spiro atoms. The highest BCUT2D eigenvalue weighted by atomic mass is 19.4. The predicted molar refractivity (Wildman–Crippen MR) is 74.9 cm³/mol. The lowest BCUT2D eigenvalue weighted by molar-refractivity contribution is -0.137. The molecule has 1 fully saturated rings. The maximum absolute atomic E-state index is 12.9. The minimum Gasteiger partial charge on any atom is -0.378 e. The Bertz CT molecular complexity index is 579. The van der Waals surface area contributed by atoms with Crippen molar-refractivity contribution in [2.75, 3.05) is 20.3 Å². The maximum Gasteiger partial charge on any atom is 0.416 e. The molecule has 114 valence electrons. The van der Waals surface area contributed by atoms with Gasteiger partial charge in [-0.3, -0.25) is 4.90 Å². The van der Waals surface area contributed by atoms with Crippen LogP contribution in [0, 0.1) is 6.92 Å². The lowest BCUT2D eigenvalue weighted by Gasteiger charge is -2.42. The summed E-state index contributed by atoms with van der Waals surface area (Å²) in [5, 5.41) is 0. The molecule has 2 bridgehead atoms. The Morgan fingerprint density at radius 3 is 2.67 bits per heavy atom. The van der Waals surface area contributed by atoms with E-state index in [-0.39, 0.29) is 12.1 Å². The Kier molecular flexibility index (Phi) is 3.58. The van der Waals surface area contributed by atoms with Gasteiger partial charge in [0.05, 0.1) is 24.8 Å². The zero-order chi connectivity index (χ0) is 15.2. The molecule has 5 heteroatoms. The van der Waals surface area contributed by atoms with Crippen LogP contribution in [0.5, 0.6) is 0 Å². The monoisotopic (exact) mass is 297 g/mol. The van der Waals surface area contributed by atoms with Crippen molar-refractivity contribution in [3.8, 4) is 0 Å². The van der Waals surface area contributed by atoms with Gasteiger partial charge in [-0.15, -0.1) is 0 Å². The van der Waals surface area contributed by atoms with Gasteiger partial charge in [0, 0.05) is 6.04 Å². The smallest absolute Gasteiger partial charge is 0.378 e. The average molecular weight is 297 g/mol. The summed E-state index contributed by atoms with van der Waals surface area (Å²) < 4.78 is 44.3. The molecule has 2 heterocycles. The van der Waals surface area contributed by atoms with E-state index in [2.05, 4.69) is 11.0 Å². The molecule has 0 saturated carbocycles. The normalized spacial score (nSPS) is 26.6. The summed E-state index contributed by atoms with van der Waals surface area (Å²) in [6.45, 7) is 3.11. The molecule has 0 N–H and O–H groups in total. The van der Waals surface area contributed by atoms with Crippen molar-refractivity contribution in [2.24, 2.45) is 0 Å². The van der Waals surface area contributed by atoms with Gasteiger partial charge in [0.25, 0.3) is 0 Å². The van der Waals surface area contributed by atoms with E-state index in [0.717, 1.165) is 29.2 Å². The molecular formula is C16H18F3NO. The Morgan fingerprint density at radius 2 is 2.00 bits per heavy atom. The zero-order valence-corrected chi connectivity index (χ0v) is 12.1. The van der Waals surface area contributed by atoms with Crippen LogP contribution in [-0.4, -0.2) is 37.2 Å². The average Bonchev–Trinajstić information content (AvgIpc) is 2.38. The molecule has 2 atom stereocenters. The van der Waals surface area contributed by atoms with Gasteiger partial charge >= 0.3 is 6.18 Å². The standard InChI is InChI=1S/C16H18F3NO/c1-10-3-4-12(16(17,18)19)7-15(10)11-5-13-8-21-9-14(6-11)20(13)2/h3-5,7,13-14H,6,8-9H2,1-2H3. The molecule has 1 saturated heterocycles. The zero-order valence-electron chi connectivity index (χ0n) is 12.1. The van der Waals surface area contributed by atoms with Gasteiger partial charge in [0.15, 0.2) is 0 Å². The number of hydrogen-bond donors (Lipinski definition) is 0. The highest BCUT2D eigenvalue weighted by Gasteiger charge is 2.34. The number of alkyl halides is 3. The number of aryl methyl sites for hydroxylation is 1. The van der Waals surface area contributed by atoms with Crippen molar-refractivity contribution in [3.63, 3.8) is 0 Å². The van der Waals surface area contributed by atoms with Crippen molar-refractivity contribution >= 4 is 5.57 Å². The lowest BCUT2D eigenvalue weighted by atomic mass is 9.87. The van der Waals surface area contributed by atoms with Crippen molar-refractivity contribution < 1.29 is 17.9 Å². The number of likely N-dealkylation sites (N-methyl/N-ethyl adjacent to an activating group) is 1. The first-order chi connectivity index (χ1) is 9.86. The third kappa shape index (κ3) is 2.72. The second-order valence-corrected chi connectivity index (χ2v) is 5.85. The van der Waals surface area contributed by atoms with Gasteiger partial charge in [-0.2, -0.15) is 13.2 Å². The second-order valence-electron chi connectivity index (χ2n) is 5.85. The molecule has 0 amide bonds. The second kappa shape index (κ2) is 5.14. The fraction of sp³-hybridized carbons (Fsp3) is 0.500. The Hall–Kier alpha value is -1.33. The number of fused-ring (bicyclic) bond motifs is 2. The molecular weight excluding hydrogens is 279 g/mol. The van der Waals surface area contributed by atoms with E-state index in [1.165, 1.54) is 6.07 Å². The van der Waals surface area contributed by atoms with E-state index in [1.807, 2.05) is 14.0 Å². The van der Waals surface area contributed by atoms with E-state index in [4.69, 9.17) is 4.74 Å². The number of hydrogen-bond acceptors (Lipinski definition) is 2. The first kappa shape index (κ1) is 14.6. The molecule has 21 heavy (non-hydrogen) atoms. The van der Waals surface area contributed by atoms with E-state index >= 15 is 0 Å². The molecule has 2 aliphatic heterocycles. The third-order valence-corrected chi connectivity index (χ3v) is 4.46. The largest absolute Gasteiger partial charge is 0.416 e. The lowest BCUT2D eigenvalue weighted by Crippen LogP contribution is -2.51.